The Bertz CT molecular complexity index is 320. The van der Waals surface area contributed by atoms with E-state index >= 15 is 0 Å². The fraction of sp³-hybridized carbons (Fsp3) is 0.500. The van der Waals surface area contributed by atoms with Gasteiger partial charge in [0.2, 0.25) is 0 Å². The number of rotatable bonds is 4. The maximum Gasteiger partial charge on any atom is 0.387 e. The van der Waals surface area contributed by atoms with Crippen LogP contribution in [0.1, 0.15) is 12.0 Å². The summed E-state index contributed by atoms with van der Waals surface area (Å²) in [6, 6.07) is 6.92. The lowest BCUT2D eigenvalue weighted by atomic mass is 9.99. The van der Waals surface area contributed by atoms with Crippen LogP contribution in [0.15, 0.2) is 24.3 Å². The van der Waals surface area contributed by atoms with Gasteiger partial charge in [0.25, 0.3) is 0 Å². The zero-order valence-corrected chi connectivity index (χ0v) is 8.96. The SMILES string of the molecule is FC(F)Oc1ccc(CC2CCNC2)cc1. The number of nitrogens with one attached hydrogen (secondary N) is 1. The van der Waals surface area contributed by atoms with Crippen LogP contribution < -0.4 is 10.1 Å². The van der Waals surface area contributed by atoms with Gasteiger partial charge in [-0.05, 0) is 49.5 Å². The molecule has 1 aliphatic rings. The molecule has 1 aromatic carbocycles. The van der Waals surface area contributed by atoms with Crippen LogP contribution in [0, 0.1) is 5.92 Å². The van der Waals surface area contributed by atoms with Crippen molar-refractivity contribution in [3.05, 3.63) is 29.8 Å². The third-order valence-electron chi connectivity index (χ3n) is 2.84. The van der Waals surface area contributed by atoms with Crippen molar-refractivity contribution < 1.29 is 13.5 Å². The zero-order chi connectivity index (χ0) is 11.4. The quantitative estimate of drug-likeness (QED) is 0.853. The summed E-state index contributed by atoms with van der Waals surface area (Å²) in [6.07, 6.45) is 2.19. The van der Waals surface area contributed by atoms with Gasteiger partial charge in [0.1, 0.15) is 5.75 Å². The molecular weight excluding hydrogens is 212 g/mol. The molecule has 2 nitrogen and oxygen atoms in total. The molecule has 1 unspecified atom stereocenters. The van der Waals surface area contributed by atoms with Crippen LogP contribution in [-0.4, -0.2) is 19.7 Å². The maximum absolute atomic E-state index is 11.9. The summed E-state index contributed by atoms with van der Waals surface area (Å²) in [4.78, 5) is 0. The molecule has 1 aromatic rings. The highest BCUT2D eigenvalue weighted by atomic mass is 19.3. The van der Waals surface area contributed by atoms with Crippen LogP contribution in [0.5, 0.6) is 5.75 Å². The van der Waals surface area contributed by atoms with Crippen molar-refractivity contribution in [1.82, 2.24) is 5.32 Å². The van der Waals surface area contributed by atoms with E-state index in [2.05, 4.69) is 10.1 Å². The van der Waals surface area contributed by atoms with Crippen molar-refractivity contribution in [2.75, 3.05) is 13.1 Å². The van der Waals surface area contributed by atoms with E-state index < -0.39 is 6.61 Å². The third-order valence-corrected chi connectivity index (χ3v) is 2.84. The van der Waals surface area contributed by atoms with Gasteiger partial charge in [-0.1, -0.05) is 12.1 Å². The largest absolute Gasteiger partial charge is 0.435 e. The lowest BCUT2D eigenvalue weighted by Crippen LogP contribution is -2.10. The van der Waals surface area contributed by atoms with Gasteiger partial charge < -0.3 is 10.1 Å². The molecule has 16 heavy (non-hydrogen) atoms. The summed E-state index contributed by atoms with van der Waals surface area (Å²) in [6.45, 7) is -0.614. The molecule has 0 aromatic heterocycles. The highest BCUT2D eigenvalue weighted by molar-refractivity contribution is 5.27. The molecule has 1 heterocycles. The summed E-state index contributed by atoms with van der Waals surface area (Å²) >= 11 is 0. The average Bonchev–Trinajstić information content (AvgIpc) is 2.73. The molecule has 0 bridgehead atoms. The molecule has 88 valence electrons. The van der Waals surface area contributed by atoms with Crippen LogP contribution in [-0.2, 0) is 6.42 Å². The first-order valence-corrected chi connectivity index (χ1v) is 5.48. The Morgan fingerprint density at radius 3 is 2.62 bits per heavy atom. The molecular formula is C12H15F2NO. The summed E-state index contributed by atoms with van der Waals surface area (Å²) in [5.74, 6) is 0.894. The average molecular weight is 227 g/mol. The van der Waals surface area contributed by atoms with Crippen LogP contribution >= 0.6 is 0 Å². The Labute approximate surface area is 93.6 Å². The minimum atomic E-state index is -2.75. The van der Waals surface area contributed by atoms with E-state index in [4.69, 9.17) is 0 Å². The third kappa shape index (κ3) is 3.17. The molecule has 1 atom stereocenters. The highest BCUT2D eigenvalue weighted by Crippen LogP contribution is 2.19. The minimum Gasteiger partial charge on any atom is -0.435 e. The standard InChI is InChI=1S/C12H15F2NO/c13-12(14)16-11-3-1-9(2-4-11)7-10-5-6-15-8-10/h1-4,10,12,15H,5-8H2. The lowest BCUT2D eigenvalue weighted by Gasteiger charge is -2.09. The molecule has 0 aliphatic carbocycles. The van der Waals surface area contributed by atoms with Crippen molar-refractivity contribution in [1.29, 1.82) is 0 Å². The molecule has 1 fully saturated rings. The van der Waals surface area contributed by atoms with E-state index in [0.29, 0.717) is 5.92 Å². The summed E-state index contributed by atoms with van der Waals surface area (Å²) < 4.78 is 28.1. The van der Waals surface area contributed by atoms with Gasteiger partial charge >= 0.3 is 6.61 Å². The number of halogens is 2. The second-order valence-electron chi connectivity index (χ2n) is 4.09. The van der Waals surface area contributed by atoms with Crippen molar-refractivity contribution in [2.24, 2.45) is 5.92 Å². The minimum absolute atomic E-state index is 0.225. The first-order chi connectivity index (χ1) is 7.74. The molecule has 1 N–H and O–H groups in total. The first-order valence-electron chi connectivity index (χ1n) is 5.48. The van der Waals surface area contributed by atoms with Crippen molar-refractivity contribution in [3.63, 3.8) is 0 Å². The molecule has 0 radical (unpaired) electrons. The van der Waals surface area contributed by atoms with Gasteiger partial charge in [0, 0.05) is 0 Å². The molecule has 1 saturated heterocycles. The molecule has 2 rings (SSSR count). The zero-order valence-electron chi connectivity index (χ0n) is 8.96. The van der Waals surface area contributed by atoms with Gasteiger partial charge in [-0.2, -0.15) is 8.78 Å². The van der Waals surface area contributed by atoms with Gasteiger partial charge in [-0.3, -0.25) is 0 Å². The lowest BCUT2D eigenvalue weighted by molar-refractivity contribution is -0.0498. The van der Waals surface area contributed by atoms with E-state index in [-0.39, 0.29) is 5.75 Å². The number of ether oxygens (including phenoxy) is 1. The predicted molar refractivity (Wildman–Crippen MR) is 57.8 cm³/mol. The summed E-state index contributed by atoms with van der Waals surface area (Å²) in [7, 11) is 0. The number of hydrogen-bond acceptors (Lipinski definition) is 2. The Kier molecular flexibility index (Phi) is 3.72. The molecule has 0 amide bonds. The highest BCUT2D eigenvalue weighted by Gasteiger charge is 2.14. The molecule has 4 heteroatoms. The van der Waals surface area contributed by atoms with E-state index in [1.807, 2.05) is 12.1 Å². The van der Waals surface area contributed by atoms with E-state index in [0.717, 1.165) is 19.5 Å². The first kappa shape index (κ1) is 11.3. The number of benzene rings is 1. The molecule has 0 spiro atoms. The van der Waals surface area contributed by atoms with Crippen molar-refractivity contribution in [2.45, 2.75) is 19.5 Å². The van der Waals surface area contributed by atoms with Gasteiger partial charge in [0.05, 0.1) is 0 Å². The van der Waals surface area contributed by atoms with Crippen LogP contribution in [0.2, 0.25) is 0 Å². The van der Waals surface area contributed by atoms with E-state index in [9.17, 15) is 8.78 Å². The maximum atomic E-state index is 11.9. The second kappa shape index (κ2) is 5.25. The smallest absolute Gasteiger partial charge is 0.387 e. The molecule has 0 saturated carbocycles. The number of hydrogen-bond donors (Lipinski definition) is 1. The Morgan fingerprint density at radius 1 is 1.31 bits per heavy atom. The van der Waals surface area contributed by atoms with Gasteiger partial charge in [-0.25, -0.2) is 0 Å². The van der Waals surface area contributed by atoms with Crippen molar-refractivity contribution >= 4 is 0 Å². The molecule has 1 aliphatic heterocycles. The Balaban J connectivity index is 1.90. The van der Waals surface area contributed by atoms with Crippen LogP contribution in [0.4, 0.5) is 8.78 Å². The monoisotopic (exact) mass is 227 g/mol. The fourth-order valence-corrected chi connectivity index (χ4v) is 2.03. The Morgan fingerprint density at radius 2 is 2.06 bits per heavy atom. The topological polar surface area (TPSA) is 21.3 Å². The van der Waals surface area contributed by atoms with E-state index in [1.54, 1.807) is 12.1 Å². The van der Waals surface area contributed by atoms with Crippen LogP contribution in [0.25, 0.3) is 0 Å². The fourth-order valence-electron chi connectivity index (χ4n) is 2.03. The van der Waals surface area contributed by atoms with E-state index in [1.165, 1.54) is 12.0 Å². The number of alkyl halides is 2. The second-order valence-corrected chi connectivity index (χ2v) is 4.09. The van der Waals surface area contributed by atoms with Crippen LogP contribution in [0.3, 0.4) is 0 Å². The predicted octanol–water partition coefficient (Wildman–Crippen LogP) is 2.44. The summed E-state index contributed by atoms with van der Waals surface area (Å²) in [5.41, 5.74) is 1.18. The van der Waals surface area contributed by atoms with Gasteiger partial charge in [0.15, 0.2) is 0 Å². The van der Waals surface area contributed by atoms with Gasteiger partial charge in [-0.15, -0.1) is 0 Å². The Hall–Kier alpha value is -1.16. The normalized spacial score (nSPS) is 20.3. The van der Waals surface area contributed by atoms with Crippen molar-refractivity contribution in [3.8, 4) is 5.75 Å². The summed E-state index contributed by atoms with van der Waals surface area (Å²) in [5, 5.41) is 3.31.